The van der Waals surface area contributed by atoms with Crippen LogP contribution in [0, 0.1) is 0 Å². The number of pyridine rings is 1. The van der Waals surface area contributed by atoms with Gasteiger partial charge >= 0.3 is 0 Å². The van der Waals surface area contributed by atoms with Gasteiger partial charge in [-0.3, -0.25) is 4.79 Å². The second-order valence-electron chi connectivity index (χ2n) is 4.06. The van der Waals surface area contributed by atoms with Gasteiger partial charge < -0.3 is 9.88 Å². The highest BCUT2D eigenvalue weighted by molar-refractivity contribution is 6.22. The Balaban J connectivity index is 2.52. The fourth-order valence-corrected chi connectivity index (χ4v) is 2.38. The summed E-state index contributed by atoms with van der Waals surface area (Å²) in [5.41, 5.74) is -0.227. The lowest BCUT2D eigenvalue weighted by molar-refractivity contribution is 0.376. The van der Waals surface area contributed by atoms with E-state index in [0.717, 1.165) is 6.42 Å². The summed E-state index contributed by atoms with van der Waals surface area (Å²) in [6.07, 6.45) is 2.64. The number of aromatic nitrogens is 1. The smallest absolute Gasteiger partial charge is 0.250 e. The Morgan fingerprint density at radius 2 is 2.06 bits per heavy atom. The molecule has 1 N–H and O–H groups in total. The van der Waals surface area contributed by atoms with Crippen molar-refractivity contribution in [2.75, 3.05) is 18.3 Å². The van der Waals surface area contributed by atoms with Crippen molar-refractivity contribution in [1.82, 2.24) is 9.88 Å². The van der Waals surface area contributed by atoms with E-state index in [-0.39, 0.29) is 11.1 Å². The third kappa shape index (κ3) is 4.02. The topological polar surface area (TPSA) is 34.0 Å². The Hall–Kier alpha value is -0.510. The lowest BCUT2D eigenvalue weighted by Gasteiger charge is -2.29. The molecule has 0 atom stereocenters. The van der Waals surface area contributed by atoms with Gasteiger partial charge in [0, 0.05) is 42.7 Å². The number of nitrogens with one attached hydrogen (secondary N) is 1. The number of hydrogen-bond donors (Lipinski definition) is 1. The first kappa shape index (κ1) is 14.6. The van der Waals surface area contributed by atoms with Gasteiger partial charge in [-0.2, -0.15) is 0 Å². The van der Waals surface area contributed by atoms with Crippen LogP contribution in [0.3, 0.4) is 0 Å². The molecule has 0 bridgehead atoms. The minimum absolute atomic E-state index is 0.00754. The molecule has 1 aromatic rings. The molecule has 1 rings (SSSR count). The fraction of sp³-hybridized carbons (Fsp3) is 0.583. The lowest BCUT2D eigenvalue weighted by Crippen LogP contribution is -2.49. The van der Waals surface area contributed by atoms with Crippen molar-refractivity contribution in [3.8, 4) is 0 Å². The second-order valence-corrected chi connectivity index (χ2v) is 4.59. The molecule has 1 aromatic heterocycles. The van der Waals surface area contributed by atoms with E-state index in [9.17, 15) is 4.79 Å². The standard InChI is InChI=1S/C12H18Cl2N2O/c1-2-12(9-13,10-14)15-6-8-16-7-4-3-5-11(16)17/h3-5,7,15H,2,6,8-10H2,1H3. The van der Waals surface area contributed by atoms with Gasteiger partial charge in [0.15, 0.2) is 0 Å². The molecule has 0 aliphatic heterocycles. The highest BCUT2D eigenvalue weighted by Gasteiger charge is 2.24. The molecule has 0 unspecified atom stereocenters. The zero-order valence-electron chi connectivity index (χ0n) is 9.96. The van der Waals surface area contributed by atoms with E-state index in [1.807, 2.05) is 13.0 Å². The number of nitrogens with zero attached hydrogens (tertiary/aromatic N) is 1. The van der Waals surface area contributed by atoms with E-state index in [1.165, 1.54) is 0 Å². The molecule has 3 nitrogen and oxygen atoms in total. The molecule has 0 saturated carbocycles. The predicted molar refractivity (Wildman–Crippen MR) is 73.2 cm³/mol. The van der Waals surface area contributed by atoms with Crippen LogP contribution in [0.4, 0.5) is 0 Å². The molecule has 0 amide bonds. The Labute approximate surface area is 112 Å². The first-order chi connectivity index (χ1) is 8.17. The van der Waals surface area contributed by atoms with Crippen LogP contribution in [0.5, 0.6) is 0 Å². The van der Waals surface area contributed by atoms with Crippen LogP contribution >= 0.6 is 23.2 Å². The van der Waals surface area contributed by atoms with Crippen molar-refractivity contribution >= 4 is 23.2 Å². The van der Waals surface area contributed by atoms with Gasteiger partial charge in [-0.1, -0.05) is 13.0 Å². The number of alkyl halides is 2. The van der Waals surface area contributed by atoms with Crippen molar-refractivity contribution in [3.05, 3.63) is 34.7 Å². The summed E-state index contributed by atoms with van der Waals surface area (Å²) in [5, 5.41) is 3.33. The van der Waals surface area contributed by atoms with Crippen LogP contribution in [0.15, 0.2) is 29.2 Å². The van der Waals surface area contributed by atoms with E-state index in [1.54, 1.807) is 22.9 Å². The summed E-state index contributed by atoms with van der Waals surface area (Å²) in [5.74, 6) is 0.938. The summed E-state index contributed by atoms with van der Waals surface area (Å²) >= 11 is 11.8. The zero-order chi connectivity index (χ0) is 12.7. The zero-order valence-corrected chi connectivity index (χ0v) is 11.5. The average Bonchev–Trinajstić information content (AvgIpc) is 2.37. The fourth-order valence-electron chi connectivity index (χ4n) is 1.53. The quantitative estimate of drug-likeness (QED) is 0.774. The first-order valence-corrected chi connectivity index (χ1v) is 6.77. The molecule has 0 aromatic carbocycles. The molecule has 0 spiro atoms. The molecule has 17 heavy (non-hydrogen) atoms. The van der Waals surface area contributed by atoms with E-state index in [2.05, 4.69) is 5.32 Å². The summed E-state index contributed by atoms with van der Waals surface area (Å²) in [6, 6.07) is 5.13. The molecule has 0 aliphatic rings. The van der Waals surface area contributed by atoms with E-state index >= 15 is 0 Å². The van der Waals surface area contributed by atoms with Gasteiger partial charge in [-0.25, -0.2) is 0 Å². The van der Waals surface area contributed by atoms with Gasteiger partial charge in [-0.15, -0.1) is 23.2 Å². The van der Waals surface area contributed by atoms with Crippen LogP contribution in [-0.4, -0.2) is 28.4 Å². The average molecular weight is 277 g/mol. The summed E-state index contributed by atoms with van der Waals surface area (Å²) in [7, 11) is 0. The monoisotopic (exact) mass is 276 g/mol. The Kier molecular flexibility index (Phi) is 6.03. The van der Waals surface area contributed by atoms with Crippen LogP contribution in [-0.2, 0) is 6.54 Å². The number of hydrogen-bond acceptors (Lipinski definition) is 2. The van der Waals surface area contributed by atoms with Crippen molar-refractivity contribution in [2.24, 2.45) is 0 Å². The Morgan fingerprint density at radius 1 is 1.35 bits per heavy atom. The summed E-state index contributed by atoms with van der Waals surface area (Å²) in [6.45, 7) is 3.35. The molecule has 0 radical (unpaired) electrons. The van der Waals surface area contributed by atoms with Crippen molar-refractivity contribution in [1.29, 1.82) is 0 Å². The first-order valence-electron chi connectivity index (χ1n) is 5.70. The molecule has 0 fully saturated rings. The van der Waals surface area contributed by atoms with Gasteiger partial charge in [0.25, 0.3) is 5.56 Å². The molecule has 1 heterocycles. The van der Waals surface area contributed by atoms with Crippen molar-refractivity contribution in [3.63, 3.8) is 0 Å². The molecule has 0 aliphatic carbocycles. The molecular weight excluding hydrogens is 259 g/mol. The third-order valence-corrected chi connectivity index (χ3v) is 3.96. The lowest BCUT2D eigenvalue weighted by atomic mass is 10.0. The molecular formula is C12H18Cl2N2O. The SMILES string of the molecule is CCC(CCl)(CCl)NCCn1ccccc1=O. The second kappa shape index (κ2) is 7.04. The predicted octanol–water partition coefficient (Wildman–Crippen LogP) is 2.06. The maximum absolute atomic E-state index is 11.5. The largest absolute Gasteiger partial charge is 0.314 e. The van der Waals surface area contributed by atoms with E-state index < -0.39 is 0 Å². The molecule has 5 heteroatoms. The van der Waals surface area contributed by atoms with Gasteiger partial charge in [0.1, 0.15) is 0 Å². The van der Waals surface area contributed by atoms with Crippen LogP contribution in [0.25, 0.3) is 0 Å². The van der Waals surface area contributed by atoms with Crippen molar-refractivity contribution < 1.29 is 0 Å². The maximum atomic E-state index is 11.5. The normalized spacial score (nSPS) is 11.7. The van der Waals surface area contributed by atoms with Gasteiger partial charge in [0.05, 0.1) is 0 Å². The van der Waals surface area contributed by atoms with Crippen molar-refractivity contribution in [2.45, 2.75) is 25.4 Å². The van der Waals surface area contributed by atoms with E-state index in [4.69, 9.17) is 23.2 Å². The van der Waals surface area contributed by atoms with Crippen LogP contribution in [0.2, 0.25) is 0 Å². The minimum atomic E-state index is -0.235. The molecule has 0 saturated heterocycles. The van der Waals surface area contributed by atoms with Gasteiger partial charge in [0.2, 0.25) is 0 Å². The number of rotatable bonds is 7. The number of halogens is 2. The van der Waals surface area contributed by atoms with Crippen LogP contribution < -0.4 is 10.9 Å². The third-order valence-electron chi connectivity index (χ3n) is 2.94. The van der Waals surface area contributed by atoms with E-state index in [0.29, 0.717) is 24.8 Å². The molecule has 96 valence electrons. The van der Waals surface area contributed by atoms with Crippen LogP contribution in [0.1, 0.15) is 13.3 Å². The maximum Gasteiger partial charge on any atom is 0.250 e. The minimum Gasteiger partial charge on any atom is -0.314 e. The highest BCUT2D eigenvalue weighted by atomic mass is 35.5. The van der Waals surface area contributed by atoms with Gasteiger partial charge in [-0.05, 0) is 12.5 Å². The summed E-state index contributed by atoms with van der Waals surface area (Å²) < 4.78 is 1.66. The Bertz CT molecular complexity index is 380. The summed E-state index contributed by atoms with van der Waals surface area (Å²) in [4.78, 5) is 11.5. The Morgan fingerprint density at radius 3 is 2.59 bits per heavy atom. The highest BCUT2D eigenvalue weighted by Crippen LogP contribution is 2.14.